The number of carbonyl (C=O) groups excluding carboxylic acids is 3. The quantitative estimate of drug-likeness (QED) is 0.410. The number of aromatic nitrogens is 1. The van der Waals surface area contributed by atoms with Crippen molar-refractivity contribution < 1.29 is 14.4 Å². The summed E-state index contributed by atoms with van der Waals surface area (Å²) in [6.07, 6.45) is 3.55. The molecule has 2 aliphatic heterocycles. The van der Waals surface area contributed by atoms with Crippen LogP contribution in [0.15, 0.2) is 30.5 Å². The lowest BCUT2D eigenvalue weighted by molar-refractivity contribution is -0.125. The van der Waals surface area contributed by atoms with Gasteiger partial charge in [-0.15, -0.1) is 0 Å². The van der Waals surface area contributed by atoms with E-state index in [0.29, 0.717) is 29.1 Å². The van der Waals surface area contributed by atoms with Gasteiger partial charge in [0.15, 0.2) is 0 Å². The number of piperidine rings is 1. The third-order valence-corrected chi connectivity index (χ3v) is 5.73. The van der Waals surface area contributed by atoms with Gasteiger partial charge in [-0.2, -0.15) is 0 Å². The molecule has 7 N–H and O–H groups in total. The topological polar surface area (TPSA) is 141 Å². The van der Waals surface area contributed by atoms with Crippen LogP contribution < -0.4 is 27.0 Å². The van der Waals surface area contributed by atoms with Crippen LogP contribution in [-0.4, -0.2) is 35.9 Å². The number of allylic oxidation sites excluding steroid dienone is 1. The minimum Gasteiger partial charge on any atom is -0.361 e. The standard InChI is InChI=1S/C22H26N6O3/c1-12(19-16-9-15(27-22(23)31)2-3-17(16)28-21(19)30)18-8-13(10-25-18)11-26-20(29)14-4-6-24-7-5-14/h2-3,8-10,14,24-25H,4-7,11H2,1H3,(H,26,29)(H,28,30)(H3,23,27,31)/b19-12-. The highest BCUT2D eigenvalue weighted by Crippen LogP contribution is 2.38. The van der Waals surface area contributed by atoms with E-state index in [-0.39, 0.29) is 17.7 Å². The Bertz CT molecular complexity index is 1060. The van der Waals surface area contributed by atoms with Crippen LogP contribution in [0.1, 0.15) is 36.6 Å². The van der Waals surface area contributed by atoms with Gasteiger partial charge in [-0.1, -0.05) is 0 Å². The average Bonchev–Trinajstić information content (AvgIpc) is 3.35. The Kier molecular flexibility index (Phi) is 5.77. The van der Waals surface area contributed by atoms with Crippen molar-refractivity contribution in [2.45, 2.75) is 26.3 Å². The van der Waals surface area contributed by atoms with Crippen LogP contribution in [0.3, 0.4) is 0 Å². The van der Waals surface area contributed by atoms with Crippen LogP contribution in [0, 0.1) is 5.92 Å². The molecule has 2 aliphatic rings. The van der Waals surface area contributed by atoms with Gasteiger partial charge in [0.25, 0.3) is 5.91 Å². The SMILES string of the molecule is C/C(=C1/C(=O)Nc2ccc(NC(N)=O)cc21)c1cc(CNC(=O)C2CCNCC2)c[nH]1. The molecule has 1 aromatic carbocycles. The molecule has 0 spiro atoms. The Morgan fingerprint density at radius 3 is 2.71 bits per heavy atom. The summed E-state index contributed by atoms with van der Waals surface area (Å²) in [4.78, 5) is 39.3. The van der Waals surface area contributed by atoms with E-state index in [1.54, 1.807) is 18.2 Å². The van der Waals surface area contributed by atoms with Gasteiger partial charge in [0.2, 0.25) is 5.91 Å². The molecular formula is C22H26N6O3. The zero-order valence-corrected chi connectivity index (χ0v) is 17.3. The molecule has 3 heterocycles. The highest BCUT2D eigenvalue weighted by Gasteiger charge is 2.27. The molecule has 1 saturated heterocycles. The lowest BCUT2D eigenvalue weighted by Crippen LogP contribution is -2.37. The monoisotopic (exact) mass is 422 g/mol. The van der Waals surface area contributed by atoms with Crippen molar-refractivity contribution >= 4 is 40.4 Å². The summed E-state index contributed by atoms with van der Waals surface area (Å²) in [6, 6.07) is 6.40. The second-order valence-corrected chi connectivity index (χ2v) is 7.87. The maximum Gasteiger partial charge on any atom is 0.316 e. The highest BCUT2D eigenvalue weighted by molar-refractivity contribution is 6.36. The molecule has 9 nitrogen and oxygen atoms in total. The molecule has 0 aliphatic carbocycles. The van der Waals surface area contributed by atoms with Crippen LogP contribution in [0.5, 0.6) is 0 Å². The number of nitrogens with two attached hydrogens (primary N) is 1. The first-order chi connectivity index (χ1) is 14.9. The van der Waals surface area contributed by atoms with E-state index in [0.717, 1.165) is 42.8 Å². The Labute approximate surface area is 179 Å². The molecule has 1 fully saturated rings. The maximum absolute atomic E-state index is 12.6. The molecule has 4 amide bonds. The predicted octanol–water partition coefficient (Wildman–Crippen LogP) is 2.00. The second-order valence-electron chi connectivity index (χ2n) is 7.87. The second kappa shape index (κ2) is 8.65. The number of aromatic amines is 1. The summed E-state index contributed by atoms with van der Waals surface area (Å²) in [6.45, 7) is 4.04. The van der Waals surface area contributed by atoms with Gasteiger partial charge >= 0.3 is 6.03 Å². The largest absolute Gasteiger partial charge is 0.361 e. The van der Waals surface area contributed by atoms with Crippen LogP contribution >= 0.6 is 0 Å². The van der Waals surface area contributed by atoms with Gasteiger partial charge in [-0.3, -0.25) is 9.59 Å². The summed E-state index contributed by atoms with van der Waals surface area (Å²) in [5.74, 6) is -0.0672. The number of hydrogen-bond acceptors (Lipinski definition) is 4. The number of hydrogen-bond donors (Lipinski definition) is 6. The van der Waals surface area contributed by atoms with Gasteiger partial charge in [0.05, 0.1) is 5.57 Å². The number of rotatable bonds is 5. The first kappa shape index (κ1) is 20.7. The lowest BCUT2D eigenvalue weighted by atomic mass is 9.97. The van der Waals surface area contributed by atoms with E-state index in [9.17, 15) is 14.4 Å². The number of carbonyl (C=O) groups is 3. The summed E-state index contributed by atoms with van der Waals surface area (Å²) in [7, 11) is 0. The highest BCUT2D eigenvalue weighted by atomic mass is 16.2. The normalized spacial score (nSPS) is 17.6. The van der Waals surface area contributed by atoms with Gasteiger partial charge in [-0.05, 0) is 68.3 Å². The molecule has 2 aromatic rings. The summed E-state index contributed by atoms with van der Waals surface area (Å²) in [5, 5.41) is 11.6. The molecule has 9 heteroatoms. The fourth-order valence-electron chi connectivity index (χ4n) is 4.07. The van der Waals surface area contributed by atoms with E-state index in [1.165, 1.54) is 0 Å². The minimum absolute atomic E-state index is 0.0606. The number of primary amides is 1. The van der Waals surface area contributed by atoms with E-state index in [1.807, 2.05) is 19.2 Å². The molecule has 1 aromatic heterocycles. The van der Waals surface area contributed by atoms with Crippen molar-refractivity contribution in [2.75, 3.05) is 23.7 Å². The Hall–Kier alpha value is -3.59. The number of nitrogens with one attached hydrogen (secondary N) is 5. The van der Waals surface area contributed by atoms with Crippen LogP contribution in [-0.2, 0) is 16.1 Å². The fourth-order valence-corrected chi connectivity index (χ4v) is 4.07. The Morgan fingerprint density at radius 1 is 1.19 bits per heavy atom. The van der Waals surface area contributed by atoms with Crippen LogP contribution in [0.4, 0.5) is 16.2 Å². The number of urea groups is 1. The minimum atomic E-state index is -0.667. The summed E-state index contributed by atoms with van der Waals surface area (Å²) in [5.41, 5.74) is 10.1. The molecule has 0 atom stereocenters. The number of fused-ring (bicyclic) bond motifs is 1. The average molecular weight is 422 g/mol. The molecule has 0 bridgehead atoms. The van der Waals surface area contributed by atoms with Crippen molar-refractivity contribution in [3.63, 3.8) is 0 Å². The number of anilines is 2. The van der Waals surface area contributed by atoms with Crippen molar-refractivity contribution in [2.24, 2.45) is 11.7 Å². The van der Waals surface area contributed by atoms with Crippen LogP contribution in [0.25, 0.3) is 11.1 Å². The van der Waals surface area contributed by atoms with Gasteiger partial charge in [0, 0.05) is 41.3 Å². The van der Waals surface area contributed by atoms with E-state index in [4.69, 9.17) is 5.73 Å². The van der Waals surface area contributed by atoms with E-state index < -0.39 is 6.03 Å². The van der Waals surface area contributed by atoms with Crippen molar-refractivity contribution in [1.29, 1.82) is 0 Å². The number of H-pyrrole nitrogens is 1. The Morgan fingerprint density at radius 2 is 1.97 bits per heavy atom. The van der Waals surface area contributed by atoms with Crippen LogP contribution in [0.2, 0.25) is 0 Å². The third-order valence-electron chi connectivity index (χ3n) is 5.73. The summed E-state index contributed by atoms with van der Waals surface area (Å²) >= 11 is 0. The molecule has 162 valence electrons. The summed E-state index contributed by atoms with van der Waals surface area (Å²) < 4.78 is 0. The maximum atomic E-state index is 12.6. The van der Waals surface area contributed by atoms with E-state index >= 15 is 0 Å². The van der Waals surface area contributed by atoms with E-state index in [2.05, 4.69) is 26.3 Å². The molecule has 0 unspecified atom stereocenters. The number of benzene rings is 1. The smallest absolute Gasteiger partial charge is 0.316 e. The van der Waals surface area contributed by atoms with Gasteiger partial charge in [-0.25, -0.2) is 4.79 Å². The first-order valence-corrected chi connectivity index (χ1v) is 10.3. The zero-order valence-electron chi connectivity index (χ0n) is 17.3. The molecule has 0 saturated carbocycles. The molecule has 0 radical (unpaired) electrons. The third kappa shape index (κ3) is 4.46. The van der Waals surface area contributed by atoms with Crippen molar-refractivity contribution in [3.8, 4) is 0 Å². The molecular weight excluding hydrogens is 396 g/mol. The molecule has 31 heavy (non-hydrogen) atoms. The number of amides is 4. The first-order valence-electron chi connectivity index (χ1n) is 10.3. The lowest BCUT2D eigenvalue weighted by Gasteiger charge is -2.21. The van der Waals surface area contributed by atoms with Gasteiger partial charge < -0.3 is 32.0 Å². The molecule has 4 rings (SSSR count). The predicted molar refractivity (Wildman–Crippen MR) is 119 cm³/mol. The fraction of sp³-hybridized carbons (Fsp3) is 0.318. The zero-order chi connectivity index (χ0) is 22.0. The van der Waals surface area contributed by atoms with Crippen molar-refractivity contribution in [3.05, 3.63) is 47.3 Å². The van der Waals surface area contributed by atoms with Gasteiger partial charge in [0.1, 0.15) is 0 Å². The van der Waals surface area contributed by atoms with Crippen molar-refractivity contribution in [1.82, 2.24) is 15.6 Å². The Balaban J connectivity index is 1.51.